The van der Waals surface area contributed by atoms with Crippen LogP contribution in [-0.2, 0) is 0 Å². The number of rotatable bonds is 2. The highest BCUT2D eigenvalue weighted by molar-refractivity contribution is 5.24. The van der Waals surface area contributed by atoms with Crippen molar-refractivity contribution in [3.8, 4) is 0 Å². The van der Waals surface area contributed by atoms with Gasteiger partial charge in [0, 0.05) is 12.5 Å². The first-order valence-electron chi connectivity index (χ1n) is 4.98. The summed E-state index contributed by atoms with van der Waals surface area (Å²) in [5.74, 6) is 0.493. The van der Waals surface area contributed by atoms with Crippen molar-refractivity contribution in [2.45, 2.75) is 5.92 Å². The first-order chi connectivity index (χ1) is 6.83. The standard InChI is InChI=1S/C11H15FN2/c12-11-4-2-1-3-9(11)10-7-14-6-8(10)5-13/h1-4,8,10,14H,5-7,13H2. The molecule has 0 aromatic heterocycles. The zero-order chi connectivity index (χ0) is 9.97. The topological polar surface area (TPSA) is 38.0 Å². The average molecular weight is 194 g/mol. The van der Waals surface area contributed by atoms with Crippen LogP contribution in [0.2, 0.25) is 0 Å². The molecule has 2 unspecified atom stereocenters. The third-order valence-corrected chi connectivity index (χ3v) is 2.95. The van der Waals surface area contributed by atoms with E-state index >= 15 is 0 Å². The van der Waals surface area contributed by atoms with Gasteiger partial charge in [-0.15, -0.1) is 0 Å². The summed E-state index contributed by atoms with van der Waals surface area (Å²) in [7, 11) is 0. The minimum atomic E-state index is -0.111. The van der Waals surface area contributed by atoms with Crippen LogP contribution in [0.5, 0.6) is 0 Å². The molecule has 14 heavy (non-hydrogen) atoms. The average Bonchev–Trinajstić information content (AvgIpc) is 2.66. The maximum atomic E-state index is 13.5. The molecule has 2 nitrogen and oxygen atoms in total. The van der Waals surface area contributed by atoms with Crippen LogP contribution >= 0.6 is 0 Å². The Morgan fingerprint density at radius 1 is 1.36 bits per heavy atom. The lowest BCUT2D eigenvalue weighted by atomic mass is 9.89. The highest BCUT2D eigenvalue weighted by atomic mass is 19.1. The van der Waals surface area contributed by atoms with Crippen LogP contribution in [0.15, 0.2) is 24.3 Å². The van der Waals surface area contributed by atoms with E-state index < -0.39 is 0 Å². The molecule has 0 spiro atoms. The van der Waals surface area contributed by atoms with Crippen molar-refractivity contribution in [3.63, 3.8) is 0 Å². The predicted octanol–water partition coefficient (Wildman–Crippen LogP) is 1.09. The summed E-state index contributed by atoms with van der Waals surface area (Å²) >= 11 is 0. The summed E-state index contributed by atoms with van der Waals surface area (Å²) in [5.41, 5.74) is 6.45. The molecule has 1 aromatic carbocycles. The lowest BCUT2D eigenvalue weighted by molar-refractivity contribution is 0.502. The minimum Gasteiger partial charge on any atom is -0.330 e. The Kier molecular flexibility index (Phi) is 2.79. The van der Waals surface area contributed by atoms with E-state index in [1.807, 2.05) is 12.1 Å². The maximum absolute atomic E-state index is 13.5. The van der Waals surface area contributed by atoms with Crippen molar-refractivity contribution < 1.29 is 4.39 Å². The van der Waals surface area contributed by atoms with E-state index in [1.165, 1.54) is 6.07 Å². The Morgan fingerprint density at radius 3 is 2.86 bits per heavy atom. The van der Waals surface area contributed by atoms with E-state index in [0.29, 0.717) is 12.5 Å². The fourth-order valence-corrected chi connectivity index (χ4v) is 2.12. The van der Waals surface area contributed by atoms with Crippen LogP contribution in [0.25, 0.3) is 0 Å². The smallest absolute Gasteiger partial charge is 0.126 e. The van der Waals surface area contributed by atoms with Gasteiger partial charge < -0.3 is 11.1 Å². The van der Waals surface area contributed by atoms with Crippen LogP contribution in [0.1, 0.15) is 11.5 Å². The van der Waals surface area contributed by atoms with Crippen molar-refractivity contribution in [1.29, 1.82) is 0 Å². The van der Waals surface area contributed by atoms with Crippen molar-refractivity contribution in [3.05, 3.63) is 35.6 Å². The molecule has 3 heteroatoms. The number of benzene rings is 1. The summed E-state index contributed by atoms with van der Waals surface area (Å²) < 4.78 is 13.5. The van der Waals surface area contributed by atoms with Gasteiger partial charge in [0.2, 0.25) is 0 Å². The van der Waals surface area contributed by atoms with E-state index in [2.05, 4.69) is 5.32 Å². The molecule has 1 heterocycles. The Labute approximate surface area is 83.3 Å². The van der Waals surface area contributed by atoms with Crippen molar-refractivity contribution in [2.75, 3.05) is 19.6 Å². The Hall–Kier alpha value is -0.930. The van der Waals surface area contributed by atoms with Crippen LogP contribution in [-0.4, -0.2) is 19.6 Å². The molecule has 76 valence electrons. The lowest BCUT2D eigenvalue weighted by Crippen LogP contribution is -2.21. The summed E-state index contributed by atoms with van der Waals surface area (Å²) in [4.78, 5) is 0. The van der Waals surface area contributed by atoms with Gasteiger partial charge in [-0.2, -0.15) is 0 Å². The molecule has 1 aliphatic rings. The highest BCUT2D eigenvalue weighted by Gasteiger charge is 2.28. The van der Waals surface area contributed by atoms with Gasteiger partial charge in [-0.25, -0.2) is 4.39 Å². The van der Waals surface area contributed by atoms with E-state index in [0.717, 1.165) is 18.7 Å². The largest absolute Gasteiger partial charge is 0.330 e. The van der Waals surface area contributed by atoms with E-state index in [-0.39, 0.29) is 11.7 Å². The number of halogens is 1. The first-order valence-corrected chi connectivity index (χ1v) is 4.98. The van der Waals surface area contributed by atoms with Gasteiger partial charge in [-0.3, -0.25) is 0 Å². The summed E-state index contributed by atoms with van der Waals surface area (Å²) in [5, 5.41) is 3.25. The summed E-state index contributed by atoms with van der Waals surface area (Å²) in [6, 6.07) is 6.97. The molecule has 0 radical (unpaired) electrons. The van der Waals surface area contributed by atoms with Crippen LogP contribution in [0, 0.1) is 11.7 Å². The molecular formula is C11H15FN2. The van der Waals surface area contributed by atoms with Gasteiger partial charge in [-0.05, 0) is 30.6 Å². The minimum absolute atomic E-state index is 0.111. The second-order valence-corrected chi connectivity index (χ2v) is 3.78. The monoisotopic (exact) mass is 194 g/mol. The normalized spacial score (nSPS) is 26.7. The molecule has 1 fully saturated rings. The van der Waals surface area contributed by atoms with Crippen molar-refractivity contribution in [2.24, 2.45) is 11.7 Å². The quantitative estimate of drug-likeness (QED) is 0.739. The first kappa shape index (κ1) is 9.62. The third kappa shape index (κ3) is 1.65. The number of nitrogens with one attached hydrogen (secondary N) is 1. The second kappa shape index (κ2) is 4.07. The predicted molar refractivity (Wildman–Crippen MR) is 54.6 cm³/mol. The van der Waals surface area contributed by atoms with Crippen LogP contribution in [0.4, 0.5) is 4.39 Å². The molecule has 2 rings (SSSR count). The molecule has 0 bridgehead atoms. The molecule has 1 aromatic rings. The Bertz CT molecular complexity index is 314. The summed E-state index contributed by atoms with van der Waals surface area (Å²) in [6.07, 6.45) is 0. The van der Waals surface area contributed by atoms with Gasteiger partial charge in [0.1, 0.15) is 5.82 Å². The molecule has 1 saturated heterocycles. The van der Waals surface area contributed by atoms with E-state index in [4.69, 9.17) is 5.73 Å². The molecule has 0 saturated carbocycles. The highest BCUT2D eigenvalue weighted by Crippen LogP contribution is 2.28. The van der Waals surface area contributed by atoms with Gasteiger partial charge in [0.05, 0.1) is 0 Å². The third-order valence-electron chi connectivity index (χ3n) is 2.95. The van der Waals surface area contributed by atoms with E-state index in [1.54, 1.807) is 6.07 Å². The van der Waals surface area contributed by atoms with Gasteiger partial charge in [-0.1, -0.05) is 18.2 Å². The lowest BCUT2D eigenvalue weighted by Gasteiger charge is -2.17. The Morgan fingerprint density at radius 2 is 2.14 bits per heavy atom. The summed E-state index contributed by atoms with van der Waals surface area (Å²) in [6.45, 7) is 2.35. The van der Waals surface area contributed by atoms with Crippen molar-refractivity contribution >= 4 is 0 Å². The maximum Gasteiger partial charge on any atom is 0.126 e. The number of hydrogen-bond donors (Lipinski definition) is 2. The fraction of sp³-hybridized carbons (Fsp3) is 0.455. The number of nitrogens with two attached hydrogens (primary N) is 1. The SMILES string of the molecule is NCC1CNCC1c1ccccc1F. The van der Waals surface area contributed by atoms with Gasteiger partial charge >= 0.3 is 0 Å². The fourth-order valence-electron chi connectivity index (χ4n) is 2.12. The molecule has 1 aliphatic heterocycles. The molecule has 0 amide bonds. The zero-order valence-electron chi connectivity index (χ0n) is 8.04. The molecule has 0 aliphatic carbocycles. The Balaban J connectivity index is 2.26. The second-order valence-electron chi connectivity index (χ2n) is 3.78. The van der Waals surface area contributed by atoms with Gasteiger partial charge in [0.15, 0.2) is 0 Å². The van der Waals surface area contributed by atoms with E-state index in [9.17, 15) is 4.39 Å². The number of hydrogen-bond acceptors (Lipinski definition) is 2. The molecule has 2 atom stereocenters. The van der Waals surface area contributed by atoms with Crippen LogP contribution < -0.4 is 11.1 Å². The molecule has 3 N–H and O–H groups in total. The van der Waals surface area contributed by atoms with Gasteiger partial charge in [0.25, 0.3) is 0 Å². The zero-order valence-corrected chi connectivity index (χ0v) is 8.04. The van der Waals surface area contributed by atoms with Crippen molar-refractivity contribution in [1.82, 2.24) is 5.32 Å². The van der Waals surface area contributed by atoms with Crippen LogP contribution in [0.3, 0.4) is 0 Å². The molecular weight excluding hydrogens is 179 g/mol.